The van der Waals surface area contributed by atoms with Gasteiger partial charge in [0.05, 0.1) is 5.56 Å². The van der Waals surface area contributed by atoms with Crippen LogP contribution in [-0.2, 0) is 4.74 Å². The Labute approximate surface area is 134 Å². The van der Waals surface area contributed by atoms with Crippen molar-refractivity contribution in [1.82, 2.24) is 9.80 Å². The highest BCUT2D eigenvalue weighted by Gasteiger charge is 2.16. The van der Waals surface area contributed by atoms with Crippen LogP contribution in [0.4, 0.5) is 5.69 Å². The fourth-order valence-electron chi connectivity index (χ4n) is 2.33. The van der Waals surface area contributed by atoms with E-state index in [0.29, 0.717) is 17.9 Å². The summed E-state index contributed by atoms with van der Waals surface area (Å²) in [5.74, 6) is -0.311. The molecule has 1 heterocycles. The number of ether oxygens (including phenoxy) is 1. The Hall–Kier alpha value is -1.11. The number of rotatable bonds is 4. The van der Waals surface area contributed by atoms with Gasteiger partial charge in [0.2, 0.25) is 0 Å². The van der Waals surface area contributed by atoms with Crippen molar-refractivity contribution in [1.29, 1.82) is 0 Å². The molecule has 1 aliphatic heterocycles. The number of carbonyl (C=O) groups is 1. The number of anilines is 1. The Morgan fingerprint density at radius 3 is 2.67 bits per heavy atom. The predicted molar refractivity (Wildman–Crippen MR) is 87.5 cm³/mol. The Bertz CT molecular complexity index is 514. The number of benzene rings is 1. The lowest BCUT2D eigenvalue weighted by Gasteiger charge is -2.32. The fraction of sp³-hybridized carbons (Fsp3) is 0.533. The third kappa shape index (κ3) is 4.43. The molecule has 0 aromatic heterocycles. The van der Waals surface area contributed by atoms with E-state index in [9.17, 15) is 4.79 Å². The van der Waals surface area contributed by atoms with E-state index in [2.05, 4.69) is 32.8 Å². The summed E-state index contributed by atoms with van der Waals surface area (Å²) >= 11 is 3.35. The van der Waals surface area contributed by atoms with Gasteiger partial charge in [-0.15, -0.1) is 0 Å². The van der Waals surface area contributed by atoms with Crippen LogP contribution in [0.5, 0.6) is 0 Å². The molecule has 0 aliphatic carbocycles. The van der Waals surface area contributed by atoms with Crippen LogP contribution in [0, 0.1) is 6.92 Å². The lowest BCUT2D eigenvalue weighted by Crippen LogP contribution is -2.45. The van der Waals surface area contributed by atoms with Gasteiger partial charge in [0.15, 0.2) is 0 Å². The molecule has 1 saturated heterocycles. The Morgan fingerprint density at radius 2 is 2.00 bits per heavy atom. The number of hydrogen-bond acceptors (Lipinski definition) is 5. The second-order valence-corrected chi connectivity index (χ2v) is 6.36. The molecular weight excluding hydrogens is 334 g/mol. The van der Waals surface area contributed by atoms with Gasteiger partial charge in [-0.2, -0.15) is 0 Å². The quantitative estimate of drug-likeness (QED) is 0.658. The average molecular weight is 356 g/mol. The molecule has 2 rings (SSSR count). The molecule has 1 aliphatic rings. The first-order chi connectivity index (χ1) is 9.97. The molecule has 0 radical (unpaired) electrons. The van der Waals surface area contributed by atoms with Gasteiger partial charge in [-0.05, 0) is 31.7 Å². The molecular formula is C15H22BrN3O2. The van der Waals surface area contributed by atoms with Crippen LogP contribution < -0.4 is 5.73 Å². The van der Waals surface area contributed by atoms with Gasteiger partial charge in [-0.3, -0.25) is 4.90 Å². The fourth-order valence-corrected chi connectivity index (χ4v) is 2.80. The zero-order valence-electron chi connectivity index (χ0n) is 12.6. The maximum atomic E-state index is 12.1. The van der Waals surface area contributed by atoms with E-state index in [-0.39, 0.29) is 5.97 Å². The summed E-state index contributed by atoms with van der Waals surface area (Å²) < 4.78 is 6.17. The van der Waals surface area contributed by atoms with E-state index < -0.39 is 0 Å². The minimum atomic E-state index is -0.311. The van der Waals surface area contributed by atoms with Gasteiger partial charge in [0.1, 0.15) is 6.61 Å². The SMILES string of the molecule is Cc1c(N)cc(Br)cc1C(=O)OCCN1CCN(C)CC1. The van der Waals surface area contributed by atoms with Crippen molar-refractivity contribution >= 4 is 27.6 Å². The minimum absolute atomic E-state index is 0.311. The summed E-state index contributed by atoms with van der Waals surface area (Å²) in [7, 11) is 2.12. The first-order valence-corrected chi connectivity index (χ1v) is 7.90. The van der Waals surface area contributed by atoms with Crippen LogP contribution in [0.2, 0.25) is 0 Å². The topological polar surface area (TPSA) is 58.8 Å². The number of piperazine rings is 1. The molecule has 0 amide bonds. The second kappa shape index (κ2) is 7.24. The van der Waals surface area contributed by atoms with Gasteiger partial charge in [-0.1, -0.05) is 15.9 Å². The van der Waals surface area contributed by atoms with Gasteiger partial charge >= 0.3 is 5.97 Å². The lowest BCUT2D eigenvalue weighted by atomic mass is 10.1. The monoisotopic (exact) mass is 355 g/mol. The molecule has 0 atom stereocenters. The number of nitrogens with zero attached hydrogens (tertiary/aromatic N) is 2. The maximum absolute atomic E-state index is 12.1. The van der Waals surface area contributed by atoms with E-state index in [1.165, 1.54) is 0 Å². The van der Waals surface area contributed by atoms with E-state index in [4.69, 9.17) is 10.5 Å². The summed E-state index contributed by atoms with van der Waals surface area (Å²) in [5.41, 5.74) is 7.75. The first kappa shape index (κ1) is 16.3. The van der Waals surface area contributed by atoms with Crippen LogP contribution >= 0.6 is 15.9 Å². The number of esters is 1. The molecule has 116 valence electrons. The summed E-state index contributed by atoms with van der Waals surface area (Å²) in [6, 6.07) is 3.54. The third-order valence-electron chi connectivity index (χ3n) is 3.87. The molecule has 0 spiro atoms. The third-order valence-corrected chi connectivity index (χ3v) is 4.33. The van der Waals surface area contributed by atoms with Crippen LogP contribution in [-0.4, -0.2) is 62.1 Å². The molecule has 0 unspecified atom stereocenters. The van der Waals surface area contributed by atoms with Crippen LogP contribution in [0.25, 0.3) is 0 Å². The average Bonchev–Trinajstić information content (AvgIpc) is 2.44. The second-order valence-electron chi connectivity index (χ2n) is 5.45. The van der Waals surface area contributed by atoms with Gasteiger partial charge < -0.3 is 15.4 Å². The van der Waals surface area contributed by atoms with Gasteiger partial charge in [0, 0.05) is 42.9 Å². The van der Waals surface area contributed by atoms with Crippen molar-refractivity contribution in [2.45, 2.75) is 6.92 Å². The van der Waals surface area contributed by atoms with Crippen molar-refractivity contribution in [3.8, 4) is 0 Å². The summed E-state index contributed by atoms with van der Waals surface area (Å²) in [6.45, 7) is 7.20. The highest BCUT2D eigenvalue weighted by Crippen LogP contribution is 2.23. The van der Waals surface area contributed by atoms with Gasteiger partial charge in [-0.25, -0.2) is 4.79 Å². The lowest BCUT2D eigenvalue weighted by molar-refractivity contribution is 0.0431. The highest BCUT2D eigenvalue weighted by atomic mass is 79.9. The van der Waals surface area contributed by atoms with Crippen molar-refractivity contribution in [2.75, 3.05) is 52.1 Å². The van der Waals surface area contributed by atoms with Crippen LogP contribution in [0.15, 0.2) is 16.6 Å². The number of carbonyl (C=O) groups excluding carboxylic acids is 1. The number of hydrogen-bond donors (Lipinski definition) is 1. The van der Waals surface area contributed by atoms with Crippen molar-refractivity contribution in [3.63, 3.8) is 0 Å². The summed E-state index contributed by atoms with van der Waals surface area (Å²) in [4.78, 5) is 16.8. The Kier molecular flexibility index (Phi) is 5.61. The minimum Gasteiger partial charge on any atom is -0.461 e. The maximum Gasteiger partial charge on any atom is 0.338 e. The molecule has 1 aromatic carbocycles. The van der Waals surface area contributed by atoms with Gasteiger partial charge in [0.25, 0.3) is 0 Å². The summed E-state index contributed by atoms with van der Waals surface area (Å²) in [5, 5.41) is 0. The Balaban J connectivity index is 1.85. The molecule has 0 bridgehead atoms. The van der Waals surface area contributed by atoms with E-state index in [0.717, 1.165) is 42.8 Å². The Morgan fingerprint density at radius 1 is 1.33 bits per heavy atom. The van der Waals surface area contributed by atoms with Crippen molar-refractivity contribution in [2.24, 2.45) is 0 Å². The van der Waals surface area contributed by atoms with Crippen molar-refractivity contribution < 1.29 is 9.53 Å². The molecule has 21 heavy (non-hydrogen) atoms. The molecule has 6 heteroatoms. The number of nitrogens with two attached hydrogens (primary N) is 1. The highest BCUT2D eigenvalue weighted by molar-refractivity contribution is 9.10. The van der Waals surface area contributed by atoms with Crippen LogP contribution in [0.1, 0.15) is 15.9 Å². The smallest absolute Gasteiger partial charge is 0.338 e. The van der Waals surface area contributed by atoms with Crippen LogP contribution in [0.3, 0.4) is 0 Å². The van der Waals surface area contributed by atoms with E-state index in [1.54, 1.807) is 12.1 Å². The van der Waals surface area contributed by atoms with Crippen molar-refractivity contribution in [3.05, 3.63) is 27.7 Å². The molecule has 5 nitrogen and oxygen atoms in total. The molecule has 2 N–H and O–H groups in total. The molecule has 0 saturated carbocycles. The molecule has 1 fully saturated rings. The summed E-state index contributed by atoms with van der Waals surface area (Å²) in [6.07, 6.45) is 0. The van der Waals surface area contributed by atoms with E-state index in [1.807, 2.05) is 6.92 Å². The number of nitrogen functional groups attached to an aromatic ring is 1. The largest absolute Gasteiger partial charge is 0.461 e. The predicted octanol–water partition coefficient (Wildman–Crippen LogP) is 1.74. The van der Waals surface area contributed by atoms with E-state index >= 15 is 0 Å². The molecule has 1 aromatic rings. The zero-order chi connectivity index (χ0) is 15.4. The number of halogens is 1. The standard InChI is InChI=1S/C15H22BrN3O2/c1-11-13(9-12(16)10-14(11)17)15(20)21-8-7-19-5-3-18(2)4-6-19/h9-10H,3-8,17H2,1-2H3. The normalized spacial score (nSPS) is 16.9. The zero-order valence-corrected chi connectivity index (χ0v) is 14.1. The number of likely N-dealkylation sites (N-methyl/N-ethyl adjacent to an activating group) is 1. The first-order valence-electron chi connectivity index (χ1n) is 7.11.